The van der Waals surface area contributed by atoms with E-state index < -0.39 is 9.73 Å². The van der Waals surface area contributed by atoms with Gasteiger partial charge < -0.3 is 9.80 Å². The molecule has 5 rings (SSSR count). The number of fused-ring (bicyclic) bond motifs is 3. The van der Waals surface area contributed by atoms with Crippen molar-refractivity contribution in [3.05, 3.63) is 74.7 Å². The zero-order valence-electron chi connectivity index (χ0n) is 22.4. The van der Waals surface area contributed by atoms with E-state index in [4.69, 9.17) is 28.3 Å². The lowest BCUT2D eigenvalue weighted by atomic mass is 9.96. The topological polar surface area (TPSA) is 101 Å². The van der Waals surface area contributed by atoms with E-state index in [0.29, 0.717) is 39.3 Å². The second-order valence-electron chi connectivity index (χ2n) is 10.2. The second-order valence-corrected chi connectivity index (χ2v) is 13.4. The lowest BCUT2D eigenvalue weighted by Crippen LogP contribution is -2.45. The normalized spacial score (nSPS) is 21.2. The summed E-state index contributed by atoms with van der Waals surface area (Å²) < 4.78 is 18.3. The average molecular weight is 590 g/mol. The molecule has 1 aromatic carbocycles. The van der Waals surface area contributed by atoms with Crippen LogP contribution in [0, 0.1) is 0 Å². The first-order valence-electron chi connectivity index (χ1n) is 12.7. The summed E-state index contributed by atoms with van der Waals surface area (Å²) >= 11 is 12.2. The Morgan fingerprint density at radius 3 is 2.54 bits per heavy atom. The number of benzene rings is 1. The Bertz CT molecular complexity index is 1600. The highest BCUT2D eigenvalue weighted by Crippen LogP contribution is 2.35. The van der Waals surface area contributed by atoms with Crippen LogP contribution in [0.4, 0.5) is 0 Å². The van der Waals surface area contributed by atoms with Crippen LogP contribution in [0.15, 0.2) is 45.9 Å². The second kappa shape index (κ2) is 10.2. The summed E-state index contributed by atoms with van der Waals surface area (Å²) in [5.41, 5.74) is 3.41. The Hall–Kier alpha value is -2.95. The Labute approximate surface area is 238 Å². The first-order chi connectivity index (χ1) is 18.4. The third kappa shape index (κ3) is 4.83. The SMILES string of the molecule is CN=S(C)(=O)c1ccc(C(C)N2C[C@@H](C)n3nc4c(c3C2=O)CN(C(=O)c2ccc(Cl)c(Cl)c2)[C@H](C)C4)cn1. The highest BCUT2D eigenvalue weighted by molar-refractivity contribution is 7.92. The number of rotatable bonds is 4. The van der Waals surface area contributed by atoms with Crippen LogP contribution >= 0.6 is 23.2 Å². The minimum Gasteiger partial charge on any atom is -0.331 e. The van der Waals surface area contributed by atoms with Gasteiger partial charge in [-0.2, -0.15) is 5.10 Å². The fraction of sp³-hybridized carbons (Fsp3) is 0.407. The summed E-state index contributed by atoms with van der Waals surface area (Å²) in [4.78, 5) is 35.4. The van der Waals surface area contributed by atoms with Crippen molar-refractivity contribution >= 4 is 44.7 Å². The molecule has 0 saturated carbocycles. The van der Waals surface area contributed by atoms with E-state index in [1.54, 1.807) is 41.6 Å². The number of hydrogen-bond donors (Lipinski definition) is 0. The maximum absolute atomic E-state index is 13.9. The monoisotopic (exact) mass is 588 g/mol. The number of amides is 2. The van der Waals surface area contributed by atoms with Gasteiger partial charge in [-0.25, -0.2) is 13.6 Å². The summed E-state index contributed by atoms with van der Waals surface area (Å²) in [6.45, 7) is 6.72. The smallest absolute Gasteiger partial charge is 0.273 e. The minimum absolute atomic E-state index is 0.0548. The van der Waals surface area contributed by atoms with Crippen LogP contribution in [-0.2, 0) is 22.7 Å². The summed E-state index contributed by atoms with van der Waals surface area (Å²) in [7, 11) is -1.03. The Kier molecular flexibility index (Phi) is 7.24. The molecule has 0 N–H and O–H groups in total. The third-order valence-electron chi connectivity index (χ3n) is 7.66. The fourth-order valence-electron chi connectivity index (χ4n) is 5.23. The van der Waals surface area contributed by atoms with Gasteiger partial charge in [0.15, 0.2) is 0 Å². The van der Waals surface area contributed by atoms with E-state index in [1.165, 1.54) is 7.05 Å². The van der Waals surface area contributed by atoms with E-state index in [0.717, 1.165) is 16.8 Å². The zero-order valence-corrected chi connectivity index (χ0v) is 24.7. The number of hydrogen-bond acceptors (Lipinski definition) is 6. The number of carbonyl (C=O) groups excluding carboxylic acids is 2. The molecule has 2 unspecified atom stereocenters. The maximum Gasteiger partial charge on any atom is 0.273 e. The van der Waals surface area contributed by atoms with Crippen molar-refractivity contribution in [1.82, 2.24) is 24.6 Å². The van der Waals surface area contributed by atoms with Crippen LogP contribution in [0.25, 0.3) is 0 Å². The Balaban J connectivity index is 1.45. The van der Waals surface area contributed by atoms with E-state index in [-0.39, 0.29) is 36.5 Å². The number of halogens is 2. The summed E-state index contributed by atoms with van der Waals surface area (Å²) in [5.74, 6) is -0.316. The number of carbonyl (C=O) groups is 2. The summed E-state index contributed by atoms with van der Waals surface area (Å²) in [6.07, 6.45) is 3.75. The van der Waals surface area contributed by atoms with Crippen LogP contribution < -0.4 is 0 Å². The Morgan fingerprint density at radius 1 is 1.15 bits per heavy atom. The molecule has 2 amide bonds. The molecule has 0 bridgehead atoms. The van der Waals surface area contributed by atoms with Gasteiger partial charge in [0.1, 0.15) is 10.7 Å². The quantitative estimate of drug-likeness (QED) is 0.425. The van der Waals surface area contributed by atoms with E-state index >= 15 is 0 Å². The predicted octanol–water partition coefficient (Wildman–Crippen LogP) is 5.04. The van der Waals surface area contributed by atoms with Crippen LogP contribution in [0.3, 0.4) is 0 Å². The molecule has 9 nitrogen and oxygen atoms in total. The van der Waals surface area contributed by atoms with Crippen molar-refractivity contribution < 1.29 is 13.8 Å². The molecular weight excluding hydrogens is 559 g/mol. The van der Waals surface area contributed by atoms with Crippen molar-refractivity contribution in [2.75, 3.05) is 19.8 Å². The molecule has 0 spiro atoms. The van der Waals surface area contributed by atoms with Gasteiger partial charge in [-0.3, -0.25) is 14.3 Å². The van der Waals surface area contributed by atoms with Crippen molar-refractivity contribution in [2.24, 2.45) is 4.36 Å². The summed E-state index contributed by atoms with van der Waals surface area (Å²) in [6, 6.07) is 7.96. The van der Waals surface area contributed by atoms with Crippen LogP contribution in [0.5, 0.6) is 0 Å². The third-order valence-corrected chi connectivity index (χ3v) is 10.1. The van der Waals surface area contributed by atoms with Crippen LogP contribution in [-0.4, -0.2) is 66.5 Å². The molecular formula is C27H30Cl2N6O3S. The molecule has 39 heavy (non-hydrogen) atoms. The van der Waals surface area contributed by atoms with Crippen LogP contribution in [0.1, 0.15) is 70.5 Å². The highest BCUT2D eigenvalue weighted by atomic mass is 35.5. The highest BCUT2D eigenvalue weighted by Gasteiger charge is 2.40. The number of pyridine rings is 1. The predicted molar refractivity (Wildman–Crippen MR) is 151 cm³/mol. The molecule has 0 radical (unpaired) electrons. The van der Waals surface area contributed by atoms with E-state index in [1.807, 2.05) is 36.4 Å². The summed E-state index contributed by atoms with van der Waals surface area (Å²) in [5, 5.41) is 5.93. The standard InChI is InChI=1S/C27H30Cl2N6O3S/c1-15-10-23-20(14-33(15)26(36)18-6-8-21(28)22(29)11-18)25-27(37)34(13-16(2)35(25)32-23)17(3)19-7-9-24(31-12-19)39(5,38)30-4/h6-9,11-12,15-17H,10,13-14H2,1-5H3/t15-,16-,17?,39?/m1/s1. The van der Waals surface area contributed by atoms with Gasteiger partial charge in [-0.15, -0.1) is 0 Å². The zero-order chi connectivity index (χ0) is 28.2. The molecule has 2 aliphatic heterocycles. The van der Waals surface area contributed by atoms with E-state index in [2.05, 4.69) is 9.35 Å². The lowest BCUT2D eigenvalue weighted by Gasteiger charge is -2.37. The van der Waals surface area contributed by atoms with Crippen molar-refractivity contribution in [3.63, 3.8) is 0 Å². The molecule has 0 fully saturated rings. The minimum atomic E-state index is -2.54. The average Bonchev–Trinajstić information content (AvgIpc) is 3.30. The molecule has 4 atom stereocenters. The van der Waals surface area contributed by atoms with Gasteiger partial charge in [0, 0.05) is 49.6 Å². The Morgan fingerprint density at radius 2 is 1.90 bits per heavy atom. The maximum atomic E-state index is 13.9. The first kappa shape index (κ1) is 27.6. The van der Waals surface area contributed by atoms with Gasteiger partial charge in [0.2, 0.25) is 0 Å². The lowest BCUT2D eigenvalue weighted by molar-refractivity contribution is 0.0574. The molecule has 12 heteroatoms. The van der Waals surface area contributed by atoms with Gasteiger partial charge in [0.05, 0.1) is 44.1 Å². The van der Waals surface area contributed by atoms with Gasteiger partial charge >= 0.3 is 0 Å². The van der Waals surface area contributed by atoms with Crippen molar-refractivity contribution in [1.29, 1.82) is 0 Å². The van der Waals surface area contributed by atoms with Crippen LogP contribution in [0.2, 0.25) is 10.0 Å². The largest absolute Gasteiger partial charge is 0.331 e. The van der Waals surface area contributed by atoms with Gasteiger partial charge in [0.25, 0.3) is 11.8 Å². The number of aromatic nitrogens is 3. The molecule has 3 aromatic rings. The molecule has 4 heterocycles. The number of nitrogens with zero attached hydrogens (tertiary/aromatic N) is 6. The van der Waals surface area contributed by atoms with E-state index in [9.17, 15) is 13.8 Å². The molecule has 0 saturated heterocycles. The first-order valence-corrected chi connectivity index (χ1v) is 15.3. The molecule has 2 aromatic heterocycles. The van der Waals surface area contributed by atoms with Gasteiger partial charge in [-0.1, -0.05) is 29.3 Å². The van der Waals surface area contributed by atoms with Crippen molar-refractivity contribution in [3.8, 4) is 0 Å². The molecule has 206 valence electrons. The van der Waals surface area contributed by atoms with Gasteiger partial charge in [-0.05, 0) is 50.6 Å². The fourth-order valence-corrected chi connectivity index (χ4v) is 6.28. The van der Waals surface area contributed by atoms with Crippen molar-refractivity contribution in [2.45, 2.75) is 56.9 Å². The molecule has 2 aliphatic rings. The molecule has 0 aliphatic carbocycles.